The Bertz CT molecular complexity index is 1490. The van der Waals surface area contributed by atoms with Crippen molar-refractivity contribution in [3.8, 4) is 46.0 Å². The van der Waals surface area contributed by atoms with E-state index in [1.807, 2.05) is 0 Å². The van der Waals surface area contributed by atoms with Crippen LogP contribution < -0.4 is 0 Å². The van der Waals surface area contributed by atoms with Crippen LogP contribution >= 0.6 is 0 Å². The molecule has 0 radical (unpaired) electrons. The first kappa shape index (κ1) is 28.6. The summed E-state index contributed by atoms with van der Waals surface area (Å²) in [5.74, 6) is -5.37. The Morgan fingerprint density at radius 2 is 0.829 bits per heavy atom. The van der Waals surface area contributed by atoms with Crippen molar-refractivity contribution in [3.63, 3.8) is 0 Å². The van der Waals surface area contributed by atoms with Gasteiger partial charge < -0.3 is 40.9 Å². The van der Waals surface area contributed by atoms with Crippen molar-refractivity contribution < 1.29 is 50.4 Å². The molecule has 8 N–H and O–H groups in total. The quantitative estimate of drug-likeness (QED) is 0.127. The number of aromatic hydroxyl groups is 8. The van der Waals surface area contributed by atoms with E-state index in [2.05, 4.69) is 0 Å². The van der Waals surface area contributed by atoms with Crippen LogP contribution in [0, 0.1) is 0 Å². The van der Waals surface area contributed by atoms with Crippen molar-refractivity contribution in [1.82, 2.24) is 0 Å². The number of benzene rings is 4. The van der Waals surface area contributed by atoms with Gasteiger partial charge in [-0.05, 0) is 48.2 Å². The number of carbonyl (C=O) groups is 2. The monoisotopic (exact) mass is 560 g/mol. The molecule has 0 saturated heterocycles. The second-order valence-corrected chi connectivity index (χ2v) is 9.59. The number of Topliss-reactive ketones (excluding diaryl/α,β-unsaturated/α-hetero) is 2. The molecular formula is C31H28O10. The Morgan fingerprint density at radius 1 is 0.488 bits per heavy atom. The lowest BCUT2D eigenvalue weighted by Gasteiger charge is -2.16. The van der Waals surface area contributed by atoms with E-state index < -0.39 is 63.6 Å². The normalized spacial score (nSPS) is 10.9. The van der Waals surface area contributed by atoms with E-state index in [0.717, 1.165) is 23.3 Å². The minimum absolute atomic E-state index is 0.0569. The van der Waals surface area contributed by atoms with E-state index in [4.69, 9.17) is 0 Å². The van der Waals surface area contributed by atoms with Crippen LogP contribution in [0.3, 0.4) is 0 Å². The fraction of sp³-hybridized carbons (Fsp3) is 0.161. The summed E-state index contributed by atoms with van der Waals surface area (Å²) in [5.41, 5.74) is -0.130. The molecule has 0 saturated carbocycles. The van der Waals surface area contributed by atoms with Crippen LogP contribution in [-0.4, -0.2) is 52.4 Å². The summed E-state index contributed by atoms with van der Waals surface area (Å²) in [6.07, 6.45) is -0.379. The maximum Gasteiger partial charge on any atom is 0.170 e. The fourth-order valence-electron chi connectivity index (χ4n) is 4.53. The molecule has 0 atom stereocenters. The van der Waals surface area contributed by atoms with Crippen molar-refractivity contribution in [2.24, 2.45) is 0 Å². The SMILES string of the molecule is O=C(CCc1ccc(O)cc1)c1c(O)cc(O)c(Cc2c(O)cc(O)c(C(=O)CCc3ccc(O)cc3)c2O)c1O. The lowest BCUT2D eigenvalue weighted by Crippen LogP contribution is -2.06. The summed E-state index contributed by atoms with van der Waals surface area (Å²) in [7, 11) is 0. The average Bonchev–Trinajstić information content (AvgIpc) is 2.91. The zero-order chi connectivity index (χ0) is 29.8. The summed E-state index contributed by atoms with van der Waals surface area (Å²) in [4.78, 5) is 25.9. The van der Waals surface area contributed by atoms with Crippen LogP contribution in [0.5, 0.6) is 46.0 Å². The number of phenols is 8. The van der Waals surface area contributed by atoms with Crippen molar-refractivity contribution >= 4 is 11.6 Å². The summed E-state index contributed by atoms with van der Waals surface area (Å²) in [6, 6.07) is 14.0. The minimum Gasteiger partial charge on any atom is -0.508 e. The first-order valence-electron chi connectivity index (χ1n) is 12.6. The second kappa shape index (κ2) is 11.8. The molecule has 0 aliphatic rings. The summed E-state index contributed by atoms with van der Waals surface area (Å²) in [5, 5.41) is 82.2. The molecule has 10 nitrogen and oxygen atoms in total. The van der Waals surface area contributed by atoms with Gasteiger partial charge in [-0.1, -0.05) is 24.3 Å². The fourth-order valence-corrected chi connectivity index (χ4v) is 4.53. The Labute approximate surface area is 234 Å². The van der Waals surface area contributed by atoms with Crippen LogP contribution in [-0.2, 0) is 19.3 Å². The maximum atomic E-state index is 12.9. The second-order valence-electron chi connectivity index (χ2n) is 9.59. The molecule has 41 heavy (non-hydrogen) atoms. The van der Waals surface area contributed by atoms with Crippen molar-refractivity contribution in [1.29, 1.82) is 0 Å². The molecule has 4 aromatic carbocycles. The maximum absolute atomic E-state index is 12.9. The number of ketones is 2. The molecule has 212 valence electrons. The van der Waals surface area contributed by atoms with Gasteiger partial charge >= 0.3 is 0 Å². The molecule has 4 rings (SSSR count). The van der Waals surface area contributed by atoms with Gasteiger partial charge in [-0.25, -0.2) is 0 Å². The first-order chi connectivity index (χ1) is 19.5. The van der Waals surface area contributed by atoms with E-state index in [9.17, 15) is 50.4 Å². The van der Waals surface area contributed by atoms with Gasteiger partial charge in [0.05, 0.1) is 0 Å². The number of phenolic OH excluding ortho intramolecular Hbond substituents is 8. The zero-order valence-corrected chi connectivity index (χ0v) is 21.7. The molecule has 0 amide bonds. The predicted octanol–water partition coefficient (Wildman–Crippen LogP) is 4.55. The number of rotatable bonds is 10. The molecule has 0 fully saturated rings. The van der Waals surface area contributed by atoms with Gasteiger partial charge in [0.25, 0.3) is 0 Å². The van der Waals surface area contributed by atoms with Gasteiger partial charge in [0.15, 0.2) is 11.6 Å². The van der Waals surface area contributed by atoms with Crippen LogP contribution in [0.15, 0.2) is 60.7 Å². The van der Waals surface area contributed by atoms with Gasteiger partial charge in [-0.15, -0.1) is 0 Å². The topological polar surface area (TPSA) is 196 Å². The lowest BCUT2D eigenvalue weighted by molar-refractivity contribution is 0.0968. The molecule has 0 aliphatic heterocycles. The lowest BCUT2D eigenvalue weighted by atomic mass is 9.92. The molecule has 0 bridgehead atoms. The third kappa shape index (κ3) is 6.27. The van der Waals surface area contributed by atoms with Crippen LogP contribution in [0.2, 0.25) is 0 Å². The molecule has 0 spiro atoms. The number of hydrogen-bond acceptors (Lipinski definition) is 10. The first-order valence-corrected chi connectivity index (χ1v) is 12.6. The smallest absolute Gasteiger partial charge is 0.170 e. The van der Waals surface area contributed by atoms with Crippen LogP contribution in [0.4, 0.5) is 0 Å². The molecule has 0 heterocycles. The molecule has 0 aliphatic carbocycles. The van der Waals surface area contributed by atoms with Crippen LogP contribution in [0.1, 0.15) is 55.8 Å². The van der Waals surface area contributed by atoms with Gasteiger partial charge in [-0.2, -0.15) is 0 Å². The zero-order valence-electron chi connectivity index (χ0n) is 21.7. The van der Waals surface area contributed by atoms with Gasteiger partial charge in [0.2, 0.25) is 0 Å². The highest BCUT2D eigenvalue weighted by atomic mass is 16.3. The number of aryl methyl sites for hydroxylation is 2. The van der Waals surface area contributed by atoms with Gasteiger partial charge in [0, 0.05) is 42.5 Å². The average molecular weight is 561 g/mol. The molecular weight excluding hydrogens is 532 g/mol. The largest absolute Gasteiger partial charge is 0.508 e. The van der Waals surface area contributed by atoms with Crippen molar-refractivity contribution in [2.75, 3.05) is 0 Å². The minimum atomic E-state index is -0.773. The van der Waals surface area contributed by atoms with Crippen molar-refractivity contribution in [3.05, 3.63) is 94.0 Å². The van der Waals surface area contributed by atoms with Crippen molar-refractivity contribution in [2.45, 2.75) is 32.1 Å². The number of carbonyl (C=O) groups excluding carboxylic acids is 2. The third-order valence-electron chi connectivity index (χ3n) is 6.79. The predicted molar refractivity (Wildman–Crippen MR) is 147 cm³/mol. The summed E-state index contributed by atoms with van der Waals surface area (Å²) in [6.45, 7) is 0. The van der Waals surface area contributed by atoms with Crippen LogP contribution in [0.25, 0.3) is 0 Å². The number of hydrogen-bond donors (Lipinski definition) is 8. The Kier molecular flexibility index (Phi) is 8.23. The molecule has 0 unspecified atom stereocenters. The van der Waals surface area contributed by atoms with E-state index in [0.29, 0.717) is 0 Å². The van der Waals surface area contributed by atoms with E-state index in [1.165, 1.54) is 24.3 Å². The standard InChI is InChI=1S/C31H28O10/c32-18-7-1-16(2-8-18)5-11-22(34)28-26(38)14-24(36)20(30(28)40)13-21-25(37)15-27(39)29(31(21)41)23(35)12-6-17-3-9-19(33)10-4-17/h1-4,7-10,14-15,32-33,36-41H,5-6,11-13H2. The van der Waals surface area contributed by atoms with Gasteiger partial charge in [0.1, 0.15) is 57.1 Å². The van der Waals surface area contributed by atoms with Gasteiger partial charge in [-0.3, -0.25) is 9.59 Å². The third-order valence-corrected chi connectivity index (χ3v) is 6.79. The highest BCUT2D eigenvalue weighted by Crippen LogP contribution is 2.44. The highest BCUT2D eigenvalue weighted by molar-refractivity contribution is 6.03. The Morgan fingerprint density at radius 3 is 1.17 bits per heavy atom. The Hall–Kier alpha value is -5.38. The molecule has 0 aromatic heterocycles. The highest BCUT2D eigenvalue weighted by Gasteiger charge is 2.27. The molecule has 10 heteroatoms. The van der Waals surface area contributed by atoms with E-state index in [1.54, 1.807) is 24.3 Å². The summed E-state index contributed by atoms with van der Waals surface area (Å²) >= 11 is 0. The van der Waals surface area contributed by atoms with E-state index in [-0.39, 0.29) is 48.3 Å². The molecule has 4 aromatic rings. The summed E-state index contributed by atoms with van der Waals surface area (Å²) < 4.78 is 0. The van der Waals surface area contributed by atoms with E-state index >= 15 is 0 Å². The Balaban J connectivity index is 1.61.